The molecule has 22 heavy (non-hydrogen) atoms. The maximum absolute atomic E-state index is 6.39. The molecule has 2 bridgehead atoms. The number of fused-ring (bicyclic) bond motifs is 3. The van der Waals surface area contributed by atoms with Gasteiger partial charge in [0.2, 0.25) is 0 Å². The molecular formula is C19H23NO2. The lowest BCUT2D eigenvalue weighted by Gasteiger charge is -2.24. The van der Waals surface area contributed by atoms with Gasteiger partial charge in [0.1, 0.15) is 17.6 Å². The predicted molar refractivity (Wildman–Crippen MR) is 87.4 cm³/mol. The molecule has 4 rings (SSSR count). The molecule has 2 saturated carbocycles. The van der Waals surface area contributed by atoms with Crippen LogP contribution < -0.4 is 9.47 Å². The van der Waals surface area contributed by atoms with Crippen LogP contribution in [0.3, 0.4) is 0 Å². The first kappa shape index (κ1) is 13.9. The van der Waals surface area contributed by atoms with Crippen molar-refractivity contribution in [3.63, 3.8) is 0 Å². The number of rotatable bonds is 4. The number of hydrogen-bond acceptors (Lipinski definition) is 3. The lowest BCUT2D eigenvalue weighted by atomic mass is 9.97. The molecule has 2 fully saturated rings. The van der Waals surface area contributed by atoms with Gasteiger partial charge in [0.15, 0.2) is 0 Å². The summed E-state index contributed by atoms with van der Waals surface area (Å²) in [5.41, 5.74) is 0.969. The zero-order valence-electron chi connectivity index (χ0n) is 13.3. The Labute approximate surface area is 131 Å². The first-order valence-corrected chi connectivity index (χ1v) is 8.41. The van der Waals surface area contributed by atoms with Gasteiger partial charge in [0, 0.05) is 11.6 Å². The van der Waals surface area contributed by atoms with Gasteiger partial charge in [-0.1, -0.05) is 0 Å². The van der Waals surface area contributed by atoms with Crippen LogP contribution in [0.4, 0.5) is 0 Å². The lowest BCUT2D eigenvalue weighted by Crippen LogP contribution is -2.23. The number of ether oxygens (including phenoxy) is 2. The van der Waals surface area contributed by atoms with Crippen molar-refractivity contribution in [2.24, 2.45) is 11.8 Å². The van der Waals surface area contributed by atoms with Crippen molar-refractivity contribution in [1.82, 2.24) is 4.98 Å². The highest BCUT2D eigenvalue weighted by Gasteiger charge is 2.41. The maximum atomic E-state index is 6.39. The van der Waals surface area contributed by atoms with E-state index in [-0.39, 0.29) is 6.10 Å². The van der Waals surface area contributed by atoms with Gasteiger partial charge in [-0.3, -0.25) is 4.98 Å². The molecule has 3 heteroatoms. The molecule has 1 heterocycles. The van der Waals surface area contributed by atoms with E-state index >= 15 is 0 Å². The van der Waals surface area contributed by atoms with Crippen molar-refractivity contribution in [1.29, 1.82) is 0 Å². The van der Waals surface area contributed by atoms with E-state index < -0.39 is 0 Å². The molecule has 1 unspecified atom stereocenters. The van der Waals surface area contributed by atoms with E-state index in [1.54, 1.807) is 0 Å². The fourth-order valence-electron chi connectivity index (χ4n) is 4.04. The summed E-state index contributed by atoms with van der Waals surface area (Å²) in [6.45, 7) is 4.08. The van der Waals surface area contributed by atoms with Gasteiger partial charge in [0.05, 0.1) is 11.6 Å². The number of aromatic nitrogens is 1. The fourth-order valence-corrected chi connectivity index (χ4v) is 4.04. The van der Waals surface area contributed by atoms with Crippen molar-refractivity contribution < 1.29 is 9.47 Å². The third-order valence-corrected chi connectivity index (χ3v) is 5.00. The zero-order chi connectivity index (χ0) is 15.1. The van der Waals surface area contributed by atoms with Gasteiger partial charge in [-0.25, -0.2) is 0 Å². The molecule has 0 radical (unpaired) electrons. The average molecular weight is 297 g/mol. The normalized spacial score (nSPS) is 26.8. The maximum Gasteiger partial charge on any atom is 0.130 e. The largest absolute Gasteiger partial charge is 0.491 e. The molecule has 0 N–H and O–H groups in total. The molecule has 1 aromatic carbocycles. The van der Waals surface area contributed by atoms with Crippen LogP contribution in [0.2, 0.25) is 0 Å². The first-order chi connectivity index (χ1) is 10.7. The average Bonchev–Trinajstić information content (AvgIpc) is 3.10. The Bertz CT molecular complexity index is 682. The number of nitrogens with zero attached hydrogens (tertiary/aromatic N) is 1. The van der Waals surface area contributed by atoms with Gasteiger partial charge in [-0.05, 0) is 75.6 Å². The second-order valence-corrected chi connectivity index (χ2v) is 6.99. The van der Waals surface area contributed by atoms with Gasteiger partial charge >= 0.3 is 0 Å². The number of benzene rings is 1. The molecule has 3 atom stereocenters. The highest BCUT2D eigenvalue weighted by atomic mass is 16.5. The molecule has 3 nitrogen and oxygen atoms in total. The molecule has 2 aliphatic rings. The van der Waals surface area contributed by atoms with Crippen LogP contribution in [0.25, 0.3) is 10.9 Å². The Morgan fingerprint density at radius 1 is 1.14 bits per heavy atom. The molecule has 0 aliphatic heterocycles. The molecular weight excluding hydrogens is 274 g/mol. The fraction of sp³-hybridized carbons (Fsp3) is 0.526. The van der Waals surface area contributed by atoms with E-state index in [9.17, 15) is 0 Å². The van der Waals surface area contributed by atoms with Crippen molar-refractivity contribution in [3.05, 3.63) is 30.5 Å². The zero-order valence-corrected chi connectivity index (χ0v) is 13.3. The third kappa shape index (κ3) is 2.53. The van der Waals surface area contributed by atoms with Crippen molar-refractivity contribution in [3.8, 4) is 11.5 Å². The van der Waals surface area contributed by atoms with Crippen LogP contribution in [0.5, 0.6) is 11.5 Å². The predicted octanol–water partition coefficient (Wildman–Crippen LogP) is 4.59. The Morgan fingerprint density at radius 2 is 2.05 bits per heavy atom. The van der Waals surface area contributed by atoms with E-state index in [1.165, 1.54) is 25.7 Å². The van der Waals surface area contributed by atoms with E-state index in [1.807, 2.05) is 38.2 Å². The summed E-state index contributed by atoms with van der Waals surface area (Å²) >= 11 is 0. The molecule has 2 aromatic rings. The highest BCUT2D eigenvalue weighted by Crippen LogP contribution is 2.46. The minimum atomic E-state index is 0.170. The molecule has 1 aromatic heterocycles. The first-order valence-electron chi connectivity index (χ1n) is 8.41. The van der Waals surface area contributed by atoms with E-state index in [0.29, 0.717) is 6.10 Å². The topological polar surface area (TPSA) is 31.4 Å². The van der Waals surface area contributed by atoms with Crippen LogP contribution in [0, 0.1) is 11.8 Å². The Morgan fingerprint density at radius 3 is 2.77 bits per heavy atom. The van der Waals surface area contributed by atoms with Crippen LogP contribution in [0.15, 0.2) is 30.5 Å². The summed E-state index contributed by atoms with van der Waals surface area (Å²) in [6, 6.07) is 8.05. The SMILES string of the molecule is CC(C)Oc1ccc2nccc(O[C@@H]3CC4CC[C@H]3C4)c2c1. The van der Waals surface area contributed by atoms with Gasteiger partial charge in [0.25, 0.3) is 0 Å². The van der Waals surface area contributed by atoms with Gasteiger partial charge in [-0.15, -0.1) is 0 Å². The van der Waals surface area contributed by atoms with E-state index in [4.69, 9.17) is 9.47 Å². The van der Waals surface area contributed by atoms with Crippen LogP contribution in [0.1, 0.15) is 39.5 Å². The summed E-state index contributed by atoms with van der Waals surface area (Å²) in [6.07, 6.45) is 7.71. The lowest BCUT2D eigenvalue weighted by molar-refractivity contribution is 0.140. The summed E-state index contributed by atoms with van der Waals surface area (Å²) < 4.78 is 12.2. The van der Waals surface area contributed by atoms with Crippen molar-refractivity contribution >= 4 is 10.9 Å². The van der Waals surface area contributed by atoms with Crippen LogP contribution in [-0.4, -0.2) is 17.2 Å². The highest BCUT2D eigenvalue weighted by molar-refractivity contribution is 5.86. The summed E-state index contributed by atoms with van der Waals surface area (Å²) in [4.78, 5) is 4.45. The minimum Gasteiger partial charge on any atom is -0.491 e. The monoisotopic (exact) mass is 297 g/mol. The van der Waals surface area contributed by atoms with Crippen LogP contribution >= 0.6 is 0 Å². The Hall–Kier alpha value is -1.77. The van der Waals surface area contributed by atoms with E-state index in [2.05, 4.69) is 11.1 Å². The minimum absolute atomic E-state index is 0.170. The number of hydrogen-bond donors (Lipinski definition) is 0. The van der Waals surface area contributed by atoms with Crippen LogP contribution in [-0.2, 0) is 0 Å². The Balaban J connectivity index is 1.64. The smallest absolute Gasteiger partial charge is 0.130 e. The van der Waals surface area contributed by atoms with Crippen molar-refractivity contribution in [2.75, 3.05) is 0 Å². The molecule has 2 aliphatic carbocycles. The summed E-state index contributed by atoms with van der Waals surface area (Å²) in [5, 5.41) is 1.06. The molecule has 0 saturated heterocycles. The summed E-state index contributed by atoms with van der Waals surface area (Å²) in [7, 11) is 0. The molecule has 0 amide bonds. The molecule has 116 valence electrons. The molecule has 0 spiro atoms. The quantitative estimate of drug-likeness (QED) is 0.827. The number of pyridine rings is 1. The third-order valence-electron chi connectivity index (χ3n) is 5.00. The Kier molecular flexibility index (Phi) is 3.44. The standard InChI is InChI=1S/C19H23NO2/c1-12(2)21-15-5-6-17-16(11-15)18(7-8-20-17)22-19-10-13-3-4-14(19)9-13/h5-8,11-14,19H,3-4,9-10H2,1-2H3/t13?,14-,19+/m0/s1. The summed E-state index contributed by atoms with van der Waals surface area (Å²) in [5.74, 6) is 3.48. The second kappa shape index (κ2) is 5.45. The van der Waals surface area contributed by atoms with E-state index in [0.717, 1.165) is 34.2 Å². The van der Waals surface area contributed by atoms with Crippen molar-refractivity contribution in [2.45, 2.75) is 51.7 Å². The van der Waals surface area contributed by atoms with Gasteiger partial charge < -0.3 is 9.47 Å². The second-order valence-electron chi connectivity index (χ2n) is 6.99. The van der Waals surface area contributed by atoms with Gasteiger partial charge in [-0.2, -0.15) is 0 Å².